The molecule has 0 amide bonds. The molecule has 1 fully saturated rings. The van der Waals surface area contributed by atoms with E-state index in [1.165, 1.54) is 30.2 Å². The lowest BCUT2D eigenvalue weighted by atomic mass is 10.2. The summed E-state index contributed by atoms with van der Waals surface area (Å²) in [7, 11) is 1.39. The fraction of sp³-hybridized carbons (Fsp3) is 0.538. The third-order valence-electron chi connectivity index (χ3n) is 3.38. The molecule has 0 unspecified atom stereocenters. The van der Waals surface area contributed by atoms with Gasteiger partial charge in [0.1, 0.15) is 5.25 Å². The maximum absolute atomic E-state index is 12.1. The number of hydrogen-bond acceptors (Lipinski definition) is 8. The molecule has 118 valence electrons. The van der Waals surface area contributed by atoms with Gasteiger partial charge in [-0.1, -0.05) is 11.8 Å². The van der Waals surface area contributed by atoms with Crippen LogP contribution in [0.25, 0.3) is 0 Å². The summed E-state index contributed by atoms with van der Waals surface area (Å²) < 4.78 is 12.2. The number of ether oxygens (including phenoxy) is 2. The van der Waals surface area contributed by atoms with Gasteiger partial charge >= 0.3 is 5.97 Å². The number of nitrogens with zero attached hydrogens (tertiary/aromatic N) is 4. The number of tetrazole rings is 1. The molecule has 0 N–H and O–H groups in total. The minimum absolute atomic E-state index is 0.139. The predicted molar refractivity (Wildman–Crippen MR) is 81.7 cm³/mol. The molecule has 0 radical (unpaired) electrons. The van der Waals surface area contributed by atoms with E-state index in [0.717, 1.165) is 25.0 Å². The Kier molecular flexibility index (Phi) is 5.06. The molecule has 3 heterocycles. The van der Waals surface area contributed by atoms with Crippen LogP contribution in [0.3, 0.4) is 0 Å². The van der Waals surface area contributed by atoms with E-state index >= 15 is 0 Å². The summed E-state index contributed by atoms with van der Waals surface area (Å²) in [5.74, 6) is -0.310. The monoisotopic (exact) mass is 340 g/mol. The van der Waals surface area contributed by atoms with Crippen molar-refractivity contribution >= 4 is 29.1 Å². The Labute approximate surface area is 136 Å². The molecule has 0 aromatic carbocycles. The first-order valence-electron chi connectivity index (χ1n) is 6.92. The van der Waals surface area contributed by atoms with Crippen LogP contribution in [0.1, 0.15) is 23.7 Å². The van der Waals surface area contributed by atoms with E-state index in [0.29, 0.717) is 11.7 Å². The SMILES string of the molecule is COC(=O)[C@H](Sc1nnnn1C[C@H]1CCCO1)c1ccsc1. The van der Waals surface area contributed by atoms with Gasteiger partial charge in [-0.15, -0.1) is 5.10 Å². The molecule has 3 rings (SSSR count). The maximum Gasteiger partial charge on any atom is 0.323 e. The lowest BCUT2D eigenvalue weighted by Gasteiger charge is -2.14. The molecule has 2 aromatic rings. The summed E-state index contributed by atoms with van der Waals surface area (Å²) in [5, 5.41) is 15.7. The van der Waals surface area contributed by atoms with Crippen molar-refractivity contribution in [2.24, 2.45) is 0 Å². The largest absolute Gasteiger partial charge is 0.468 e. The summed E-state index contributed by atoms with van der Waals surface area (Å²) in [6.07, 6.45) is 2.21. The molecule has 2 aromatic heterocycles. The summed E-state index contributed by atoms with van der Waals surface area (Å²) in [5.41, 5.74) is 0.897. The number of methoxy groups -OCH3 is 1. The molecule has 1 saturated heterocycles. The number of carbonyl (C=O) groups is 1. The second-order valence-corrected chi connectivity index (χ2v) is 6.71. The van der Waals surface area contributed by atoms with Gasteiger partial charge in [-0.3, -0.25) is 4.79 Å². The fourth-order valence-corrected chi connectivity index (χ4v) is 4.04. The molecular formula is C13H16N4O3S2. The highest BCUT2D eigenvalue weighted by molar-refractivity contribution is 8.00. The predicted octanol–water partition coefficient (Wildman–Crippen LogP) is 1.92. The molecular weight excluding hydrogens is 324 g/mol. The van der Waals surface area contributed by atoms with Crippen LogP contribution in [0.15, 0.2) is 22.0 Å². The van der Waals surface area contributed by atoms with Crippen LogP contribution in [-0.2, 0) is 20.8 Å². The smallest absolute Gasteiger partial charge is 0.323 e. The van der Waals surface area contributed by atoms with Crippen LogP contribution in [0, 0.1) is 0 Å². The van der Waals surface area contributed by atoms with Crippen LogP contribution in [0.5, 0.6) is 0 Å². The van der Waals surface area contributed by atoms with Gasteiger partial charge in [-0.25, -0.2) is 4.68 Å². The van der Waals surface area contributed by atoms with Gasteiger partial charge in [0.2, 0.25) is 5.16 Å². The van der Waals surface area contributed by atoms with Crippen molar-refractivity contribution in [2.75, 3.05) is 13.7 Å². The van der Waals surface area contributed by atoms with Crippen molar-refractivity contribution in [2.45, 2.75) is 35.9 Å². The third-order valence-corrected chi connectivity index (χ3v) is 5.29. The van der Waals surface area contributed by atoms with E-state index in [9.17, 15) is 4.79 Å². The van der Waals surface area contributed by atoms with Crippen LogP contribution in [0.4, 0.5) is 0 Å². The van der Waals surface area contributed by atoms with E-state index in [2.05, 4.69) is 15.5 Å². The summed E-state index contributed by atoms with van der Waals surface area (Å²) in [4.78, 5) is 12.1. The minimum Gasteiger partial charge on any atom is -0.468 e. The van der Waals surface area contributed by atoms with Crippen LogP contribution in [0.2, 0.25) is 0 Å². The van der Waals surface area contributed by atoms with E-state index in [1.807, 2.05) is 16.8 Å². The van der Waals surface area contributed by atoms with E-state index in [-0.39, 0.29) is 12.1 Å². The van der Waals surface area contributed by atoms with Gasteiger partial charge in [0.15, 0.2) is 0 Å². The normalized spacial score (nSPS) is 19.2. The van der Waals surface area contributed by atoms with Gasteiger partial charge in [0.05, 0.1) is 19.8 Å². The first-order valence-corrected chi connectivity index (χ1v) is 8.74. The van der Waals surface area contributed by atoms with E-state index in [1.54, 1.807) is 4.68 Å². The Morgan fingerprint density at radius 1 is 1.68 bits per heavy atom. The van der Waals surface area contributed by atoms with Gasteiger partial charge in [0.25, 0.3) is 0 Å². The highest BCUT2D eigenvalue weighted by Crippen LogP contribution is 2.36. The quantitative estimate of drug-likeness (QED) is 0.587. The second-order valence-electron chi connectivity index (χ2n) is 4.86. The standard InChI is InChI=1S/C13H16N4O3S2/c1-19-12(18)11(9-4-6-21-8-9)22-13-14-15-16-17(13)7-10-3-2-5-20-10/h4,6,8,10-11H,2-3,5,7H2,1H3/t10-,11-/m1/s1. The third kappa shape index (κ3) is 3.47. The van der Waals surface area contributed by atoms with Crippen molar-refractivity contribution < 1.29 is 14.3 Å². The van der Waals surface area contributed by atoms with Gasteiger partial charge < -0.3 is 9.47 Å². The molecule has 9 heteroatoms. The fourth-order valence-electron chi connectivity index (χ4n) is 2.27. The van der Waals surface area contributed by atoms with Crippen molar-refractivity contribution in [3.63, 3.8) is 0 Å². The van der Waals surface area contributed by atoms with Crippen molar-refractivity contribution in [3.05, 3.63) is 22.4 Å². The van der Waals surface area contributed by atoms with Crippen molar-refractivity contribution in [1.82, 2.24) is 20.2 Å². The summed E-state index contributed by atoms with van der Waals surface area (Å²) in [6, 6.07) is 1.91. The van der Waals surface area contributed by atoms with Gasteiger partial charge in [0, 0.05) is 6.61 Å². The number of rotatable bonds is 6. The molecule has 22 heavy (non-hydrogen) atoms. The zero-order valence-electron chi connectivity index (χ0n) is 12.0. The van der Waals surface area contributed by atoms with Gasteiger partial charge in [-0.2, -0.15) is 11.3 Å². The first kappa shape index (κ1) is 15.4. The first-order chi connectivity index (χ1) is 10.8. The zero-order valence-corrected chi connectivity index (χ0v) is 13.7. The van der Waals surface area contributed by atoms with Crippen LogP contribution in [-0.4, -0.2) is 46.0 Å². The zero-order chi connectivity index (χ0) is 15.4. The number of hydrogen-bond donors (Lipinski definition) is 0. The van der Waals surface area contributed by atoms with Crippen LogP contribution >= 0.6 is 23.1 Å². The van der Waals surface area contributed by atoms with E-state index in [4.69, 9.17) is 9.47 Å². The average Bonchev–Trinajstić information content (AvgIpc) is 3.27. The Bertz CT molecular complexity index is 611. The lowest BCUT2D eigenvalue weighted by molar-refractivity contribution is -0.140. The topological polar surface area (TPSA) is 79.1 Å². The highest BCUT2D eigenvalue weighted by Gasteiger charge is 2.27. The maximum atomic E-state index is 12.1. The Balaban J connectivity index is 1.75. The van der Waals surface area contributed by atoms with Gasteiger partial charge in [-0.05, 0) is 45.7 Å². The minimum atomic E-state index is -0.467. The molecule has 7 nitrogen and oxygen atoms in total. The average molecular weight is 340 g/mol. The highest BCUT2D eigenvalue weighted by atomic mass is 32.2. The molecule has 0 saturated carbocycles. The molecule has 0 bridgehead atoms. The number of thioether (sulfide) groups is 1. The second kappa shape index (κ2) is 7.21. The Morgan fingerprint density at radius 3 is 3.27 bits per heavy atom. The summed E-state index contributed by atoms with van der Waals surface area (Å²) >= 11 is 2.84. The Morgan fingerprint density at radius 2 is 2.59 bits per heavy atom. The lowest BCUT2D eigenvalue weighted by Crippen LogP contribution is -2.18. The number of thiophene rings is 1. The number of carbonyl (C=O) groups excluding carboxylic acids is 1. The molecule has 0 aliphatic carbocycles. The molecule has 2 atom stereocenters. The van der Waals surface area contributed by atoms with Crippen molar-refractivity contribution in [3.8, 4) is 0 Å². The number of aromatic nitrogens is 4. The molecule has 1 aliphatic heterocycles. The van der Waals surface area contributed by atoms with Crippen LogP contribution < -0.4 is 0 Å². The number of esters is 1. The van der Waals surface area contributed by atoms with E-state index < -0.39 is 5.25 Å². The van der Waals surface area contributed by atoms with Crippen molar-refractivity contribution in [1.29, 1.82) is 0 Å². The molecule has 0 spiro atoms. The Hall–Kier alpha value is -1.45. The summed E-state index contributed by atoms with van der Waals surface area (Å²) in [6.45, 7) is 1.39. The molecule has 1 aliphatic rings.